The van der Waals surface area contributed by atoms with E-state index in [9.17, 15) is 4.79 Å². The normalized spacial score (nSPS) is 11.1. The summed E-state index contributed by atoms with van der Waals surface area (Å²) in [7, 11) is 1.45. The highest BCUT2D eigenvalue weighted by Gasteiger charge is 2.03. The fraction of sp³-hybridized carbons (Fsp3) is 0.0833. The first kappa shape index (κ1) is 10.9. The number of thiophene rings is 1. The number of benzene rings is 1. The summed E-state index contributed by atoms with van der Waals surface area (Å²) in [6.07, 6.45) is 2.66. The average molecular weight is 233 g/mol. The fourth-order valence-corrected chi connectivity index (χ4v) is 2.16. The van der Waals surface area contributed by atoms with Gasteiger partial charge in [-0.05, 0) is 35.0 Å². The highest BCUT2D eigenvalue weighted by atomic mass is 32.1. The van der Waals surface area contributed by atoms with E-state index in [-0.39, 0.29) is 5.78 Å². The molecule has 0 atom stereocenters. The molecule has 1 heterocycles. The Morgan fingerprint density at radius 3 is 3.00 bits per heavy atom. The molecule has 0 aliphatic heterocycles. The molecule has 0 aliphatic carbocycles. The topological polar surface area (TPSA) is 40.5 Å². The number of carbonyl (C=O) groups is 1. The second-order valence-corrected chi connectivity index (χ2v) is 4.37. The molecule has 82 valence electrons. The van der Waals surface area contributed by atoms with Gasteiger partial charge in [0.05, 0.1) is 0 Å². The zero-order valence-electron chi connectivity index (χ0n) is 8.75. The molecule has 1 aromatic heterocycles. The molecule has 0 saturated carbocycles. The van der Waals surface area contributed by atoms with Crippen LogP contribution < -0.4 is 0 Å². The molecule has 0 spiro atoms. The number of allylic oxidation sites excluding steroid dienone is 1. The van der Waals surface area contributed by atoms with Crippen LogP contribution in [0.4, 0.5) is 0 Å². The van der Waals surface area contributed by atoms with Gasteiger partial charge in [0.15, 0.2) is 5.78 Å². The molecular formula is C12H11NO2S. The molecule has 0 unspecified atom stereocenters. The lowest BCUT2D eigenvalue weighted by atomic mass is 10.1. The van der Waals surface area contributed by atoms with Gasteiger partial charge in [-0.15, -0.1) is 11.3 Å². The van der Waals surface area contributed by atoms with E-state index < -0.39 is 0 Å². The molecule has 4 heteroatoms. The summed E-state index contributed by atoms with van der Waals surface area (Å²) in [5.41, 5.74) is 0.629. The number of fused-ring (bicyclic) bond motifs is 1. The molecule has 0 amide bonds. The lowest BCUT2D eigenvalue weighted by molar-refractivity contribution is -0.0130. The molecule has 0 aliphatic rings. The number of rotatable bonds is 3. The maximum Gasteiger partial charge on any atom is 0.187 e. The Kier molecular flexibility index (Phi) is 3.03. The number of ketones is 1. The fourth-order valence-electron chi connectivity index (χ4n) is 1.39. The van der Waals surface area contributed by atoms with Crippen molar-refractivity contribution in [2.24, 2.45) is 0 Å². The van der Waals surface area contributed by atoms with E-state index in [1.807, 2.05) is 23.6 Å². The number of carbonyl (C=O) groups excluding carboxylic acids is 1. The van der Waals surface area contributed by atoms with Gasteiger partial charge in [0.1, 0.15) is 0 Å². The first-order chi connectivity index (χ1) is 7.66. The average Bonchev–Trinajstić information content (AvgIpc) is 2.72. The summed E-state index contributed by atoms with van der Waals surface area (Å²) in [4.78, 5) is 11.7. The van der Waals surface area contributed by atoms with Crippen LogP contribution in [0.25, 0.3) is 10.1 Å². The van der Waals surface area contributed by atoms with E-state index in [4.69, 9.17) is 5.21 Å². The van der Waals surface area contributed by atoms with Crippen LogP contribution in [0.1, 0.15) is 10.4 Å². The number of nitrogens with zero attached hydrogens (tertiary/aromatic N) is 1. The third kappa shape index (κ3) is 2.29. The Balaban J connectivity index is 2.29. The lowest BCUT2D eigenvalue weighted by Crippen LogP contribution is -2.03. The molecule has 0 bridgehead atoms. The Morgan fingerprint density at radius 1 is 1.44 bits per heavy atom. The minimum atomic E-state index is -0.117. The van der Waals surface area contributed by atoms with Gasteiger partial charge in [0.2, 0.25) is 0 Å². The minimum absolute atomic E-state index is 0.117. The molecular weight excluding hydrogens is 222 g/mol. The Morgan fingerprint density at radius 2 is 2.25 bits per heavy atom. The van der Waals surface area contributed by atoms with Crippen LogP contribution in [0.3, 0.4) is 0 Å². The summed E-state index contributed by atoms with van der Waals surface area (Å²) in [6.45, 7) is 0. The van der Waals surface area contributed by atoms with Crippen LogP contribution in [-0.2, 0) is 0 Å². The van der Waals surface area contributed by atoms with Crippen molar-refractivity contribution in [3.05, 3.63) is 47.5 Å². The standard InChI is InChI=1S/C12H11NO2S/c1-13(15)6-4-11(14)9-2-3-12-10(8-9)5-7-16-12/h2-8,15H,1H3/b6-4-. The maximum absolute atomic E-state index is 11.7. The van der Waals surface area contributed by atoms with E-state index in [2.05, 4.69) is 0 Å². The Hall–Kier alpha value is -1.65. The van der Waals surface area contributed by atoms with Crippen molar-refractivity contribution in [3.63, 3.8) is 0 Å². The van der Waals surface area contributed by atoms with Gasteiger partial charge in [0, 0.05) is 29.6 Å². The zero-order valence-corrected chi connectivity index (χ0v) is 9.57. The Bertz CT molecular complexity index is 543. The summed E-state index contributed by atoms with van der Waals surface area (Å²) in [6, 6.07) is 7.57. The molecule has 0 radical (unpaired) electrons. The molecule has 0 fully saturated rings. The van der Waals surface area contributed by atoms with Crippen molar-refractivity contribution in [2.75, 3.05) is 7.05 Å². The molecule has 2 aromatic rings. The molecule has 0 saturated heterocycles. The second kappa shape index (κ2) is 4.47. The third-order valence-electron chi connectivity index (χ3n) is 2.18. The third-order valence-corrected chi connectivity index (χ3v) is 3.08. The van der Waals surface area contributed by atoms with Crippen LogP contribution in [0.15, 0.2) is 41.9 Å². The van der Waals surface area contributed by atoms with Crippen molar-refractivity contribution in [1.82, 2.24) is 5.06 Å². The van der Waals surface area contributed by atoms with Crippen LogP contribution >= 0.6 is 11.3 Å². The number of hydroxylamine groups is 2. The first-order valence-electron chi connectivity index (χ1n) is 4.78. The molecule has 2 rings (SSSR count). The number of hydrogen-bond acceptors (Lipinski definition) is 4. The van der Waals surface area contributed by atoms with Crippen LogP contribution in [0.5, 0.6) is 0 Å². The molecule has 1 aromatic carbocycles. The zero-order chi connectivity index (χ0) is 11.5. The predicted octanol–water partition coefficient (Wildman–Crippen LogP) is 2.92. The van der Waals surface area contributed by atoms with Crippen molar-refractivity contribution >= 4 is 27.2 Å². The van der Waals surface area contributed by atoms with Gasteiger partial charge in [-0.25, -0.2) is 0 Å². The van der Waals surface area contributed by atoms with Crippen molar-refractivity contribution in [3.8, 4) is 0 Å². The summed E-state index contributed by atoms with van der Waals surface area (Å²) in [5.74, 6) is -0.117. The van der Waals surface area contributed by atoms with Gasteiger partial charge >= 0.3 is 0 Å². The van der Waals surface area contributed by atoms with E-state index in [1.54, 1.807) is 17.4 Å². The lowest BCUT2D eigenvalue weighted by Gasteiger charge is -2.01. The minimum Gasteiger partial charge on any atom is -0.289 e. The highest BCUT2D eigenvalue weighted by Crippen LogP contribution is 2.21. The molecule has 3 nitrogen and oxygen atoms in total. The van der Waals surface area contributed by atoms with Gasteiger partial charge in [-0.1, -0.05) is 0 Å². The Labute approximate surface area is 97.2 Å². The van der Waals surface area contributed by atoms with Crippen molar-refractivity contribution < 1.29 is 10.0 Å². The quantitative estimate of drug-likeness (QED) is 0.503. The summed E-state index contributed by atoms with van der Waals surface area (Å²) < 4.78 is 1.17. The SMILES string of the molecule is CN(O)/C=C\C(=O)c1ccc2sccc2c1. The highest BCUT2D eigenvalue weighted by molar-refractivity contribution is 7.17. The van der Waals surface area contributed by atoms with Gasteiger partial charge in [0.25, 0.3) is 0 Å². The monoisotopic (exact) mass is 233 g/mol. The molecule has 16 heavy (non-hydrogen) atoms. The van der Waals surface area contributed by atoms with Crippen molar-refractivity contribution in [1.29, 1.82) is 0 Å². The van der Waals surface area contributed by atoms with E-state index in [0.29, 0.717) is 5.56 Å². The number of hydrogen-bond donors (Lipinski definition) is 1. The molecule has 1 N–H and O–H groups in total. The van der Waals surface area contributed by atoms with Crippen LogP contribution in [0, 0.1) is 0 Å². The first-order valence-corrected chi connectivity index (χ1v) is 5.66. The maximum atomic E-state index is 11.7. The van der Waals surface area contributed by atoms with Gasteiger partial charge < -0.3 is 0 Å². The van der Waals surface area contributed by atoms with E-state index in [1.165, 1.54) is 24.0 Å². The van der Waals surface area contributed by atoms with E-state index in [0.717, 1.165) is 10.4 Å². The van der Waals surface area contributed by atoms with Gasteiger partial charge in [-0.3, -0.25) is 15.1 Å². The van der Waals surface area contributed by atoms with Gasteiger partial charge in [-0.2, -0.15) is 0 Å². The summed E-state index contributed by atoms with van der Waals surface area (Å²) in [5, 5.41) is 12.8. The largest absolute Gasteiger partial charge is 0.289 e. The summed E-state index contributed by atoms with van der Waals surface area (Å²) >= 11 is 1.65. The van der Waals surface area contributed by atoms with E-state index >= 15 is 0 Å². The smallest absolute Gasteiger partial charge is 0.187 e. The van der Waals surface area contributed by atoms with Crippen molar-refractivity contribution in [2.45, 2.75) is 0 Å². The predicted molar refractivity (Wildman–Crippen MR) is 64.8 cm³/mol. The second-order valence-electron chi connectivity index (χ2n) is 3.43. The van der Waals surface area contributed by atoms with Crippen LogP contribution in [-0.4, -0.2) is 23.1 Å². The van der Waals surface area contributed by atoms with Crippen LogP contribution in [0.2, 0.25) is 0 Å².